The minimum Gasteiger partial charge on any atom is -0.726 e. The third-order valence-electron chi connectivity index (χ3n) is 5.53. The number of quaternary nitrogens is 1. The van der Waals surface area contributed by atoms with Crippen molar-refractivity contribution in [3.8, 4) is 0 Å². The van der Waals surface area contributed by atoms with E-state index >= 15 is 0 Å². The van der Waals surface area contributed by atoms with Crippen LogP contribution < -0.4 is 0 Å². The Hall–Kier alpha value is -0.330. The van der Waals surface area contributed by atoms with Gasteiger partial charge in [-0.2, -0.15) is 0 Å². The first kappa shape index (κ1) is 32.8. The highest BCUT2D eigenvalue weighted by atomic mass is 32.3. The van der Waals surface area contributed by atoms with Gasteiger partial charge in [-0.05, 0) is 6.42 Å². The maximum atomic E-state index is 10.9. The Morgan fingerprint density at radius 1 is 0.871 bits per heavy atom. The van der Waals surface area contributed by atoms with Gasteiger partial charge in [0.25, 0.3) is 0 Å². The number of hydrogen-bond acceptors (Lipinski definition) is 8. The minimum atomic E-state index is -4.41. The molecule has 0 aliphatic rings. The summed E-state index contributed by atoms with van der Waals surface area (Å²) in [5, 5.41) is 29.4. The van der Waals surface area contributed by atoms with E-state index in [9.17, 15) is 28.3 Å². The van der Waals surface area contributed by atoms with E-state index in [4.69, 9.17) is 4.74 Å². The summed E-state index contributed by atoms with van der Waals surface area (Å²) in [6, 6.07) is 0. The largest absolute Gasteiger partial charge is 0.726 e. The predicted octanol–water partition coefficient (Wildman–Crippen LogP) is 2.50. The van der Waals surface area contributed by atoms with Crippen molar-refractivity contribution < 1.29 is 41.7 Å². The highest BCUT2D eigenvalue weighted by Gasteiger charge is 2.46. The van der Waals surface area contributed by atoms with Crippen LogP contribution in [-0.2, 0) is 19.3 Å². The second-order valence-electron chi connectivity index (χ2n) is 7.99. The van der Waals surface area contributed by atoms with E-state index < -0.39 is 16.3 Å². The lowest BCUT2D eigenvalue weighted by molar-refractivity contribution is -1.01. The lowest BCUT2D eigenvalue weighted by atomic mass is 10.1. The number of rotatable bonds is 19. The Balaban J connectivity index is 0. The van der Waals surface area contributed by atoms with E-state index in [1.54, 1.807) is 0 Å². The van der Waals surface area contributed by atoms with E-state index in [1.165, 1.54) is 51.4 Å². The molecule has 190 valence electrons. The third kappa shape index (κ3) is 16.9. The third-order valence-corrected chi connectivity index (χ3v) is 5.93. The standard InChI is InChI=1S/C20H44NO4.CH4O4S/c1-4-6-7-8-9-10-11-12-13-14-19-25-20(24,5-2)21(3,15-17-22)16-18-23;1-5-6(2,3)4/h22-24H,4-19H2,1-3H3;1H3,(H,2,3,4)/q+1;/p-1. The van der Waals surface area contributed by atoms with E-state index in [0.717, 1.165) is 20.0 Å². The second kappa shape index (κ2) is 19.2. The van der Waals surface area contributed by atoms with Crippen LogP contribution in [0.2, 0.25) is 0 Å². The van der Waals surface area contributed by atoms with Crippen LogP contribution in [0.4, 0.5) is 0 Å². The maximum absolute atomic E-state index is 10.9. The van der Waals surface area contributed by atoms with Gasteiger partial charge in [0, 0.05) is 0 Å². The van der Waals surface area contributed by atoms with Crippen molar-refractivity contribution >= 4 is 10.4 Å². The highest BCUT2D eigenvalue weighted by Crippen LogP contribution is 2.26. The average molecular weight is 474 g/mol. The van der Waals surface area contributed by atoms with Crippen molar-refractivity contribution in [1.29, 1.82) is 0 Å². The summed E-state index contributed by atoms with van der Waals surface area (Å²) in [5.41, 5.74) is 0. The van der Waals surface area contributed by atoms with Gasteiger partial charge < -0.3 is 24.6 Å². The number of aliphatic hydroxyl groups is 3. The molecule has 0 aromatic carbocycles. The Labute approximate surface area is 189 Å². The van der Waals surface area contributed by atoms with Crippen LogP contribution >= 0.6 is 0 Å². The van der Waals surface area contributed by atoms with E-state index in [0.29, 0.717) is 26.1 Å². The number of unbranched alkanes of at least 4 members (excludes halogenated alkanes) is 9. The normalized spacial score (nSPS) is 14.1. The number of aliphatic hydroxyl groups excluding tert-OH is 2. The molecule has 0 aromatic heterocycles. The van der Waals surface area contributed by atoms with Gasteiger partial charge in [0.05, 0.1) is 40.4 Å². The second-order valence-corrected chi connectivity index (χ2v) is 9.14. The first-order valence-electron chi connectivity index (χ1n) is 11.5. The Morgan fingerprint density at radius 3 is 1.58 bits per heavy atom. The van der Waals surface area contributed by atoms with Gasteiger partial charge in [-0.1, -0.05) is 71.6 Å². The topological polar surface area (TPSA) is 136 Å². The van der Waals surface area contributed by atoms with E-state index in [-0.39, 0.29) is 17.7 Å². The van der Waals surface area contributed by atoms with Gasteiger partial charge in [0.15, 0.2) is 0 Å². The maximum Gasteiger partial charge on any atom is 0.316 e. The number of likely N-dealkylation sites (N-methyl/N-ethyl adjacent to an activating group) is 1. The van der Waals surface area contributed by atoms with Gasteiger partial charge in [-0.25, -0.2) is 8.42 Å². The Bertz CT molecular complexity index is 498. The Morgan fingerprint density at radius 2 is 1.26 bits per heavy atom. The molecule has 0 aliphatic carbocycles. The zero-order valence-corrected chi connectivity index (χ0v) is 20.9. The number of hydrogen-bond donors (Lipinski definition) is 3. The first-order chi connectivity index (χ1) is 14.6. The first-order valence-corrected chi connectivity index (χ1v) is 12.8. The fourth-order valence-corrected chi connectivity index (χ4v) is 3.37. The van der Waals surface area contributed by atoms with Crippen molar-refractivity contribution in [2.24, 2.45) is 0 Å². The quantitative estimate of drug-likeness (QED) is 0.0856. The van der Waals surface area contributed by atoms with Gasteiger partial charge >= 0.3 is 5.91 Å². The monoisotopic (exact) mass is 473 g/mol. The molecule has 0 radical (unpaired) electrons. The average Bonchev–Trinajstić information content (AvgIpc) is 2.72. The molecule has 0 spiro atoms. The minimum absolute atomic E-state index is 0.0412. The number of ether oxygens (including phenoxy) is 1. The van der Waals surface area contributed by atoms with Crippen molar-refractivity contribution in [1.82, 2.24) is 0 Å². The van der Waals surface area contributed by atoms with Crippen LogP contribution in [0.3, 0.4) is 0 Å². The molecule has 0 rings (SSSR count). The summed E-state index contributed by atoms with van der Waals surface area (Å²) in [4.78, 5) is 0. The van der Waals surface area contributed by atoms with Crippen LogP contribution in [0.5, 0.6) is 0 Å². The molecule has 3 N–H and O–H groups in total. The van der Waals surface area contributed by atoms with Crippen LogP contribution in [0.1, 0.15) is 84.5 Å². The summed E-state index contributed by atoms with van der Waals surface area (Å²) in [7, 11) is -1.78. The molecular formula is C21H47NO8S. The molecule has 0 bridgehead atoms. The molecular weight excluding hydrogens is 426 g/mol. The lowest BCUT2D eigenvalue weighted by Crippen LogP contribution is -2.65. The predicted molar refractivity (Wildman–Crippen MR) is 120 cm³/mol. The van der Waals surface area contributed by atoms with E-state index in [1.807, 2.05) is 14.0 Å². The van der Waals surface area contributed by atoms with Gasteiger partial charge in [-0.15, -0.1) is 0 Å². The molecule has 0 aromatic rings. The SMILES string of the molecule is CCCCCCCCCCCCOC(O)(CC)[N+](C)(CCO)CCO.COS(=O)(=O)[O-]. The molecule has 1 atom stereocenters. The molecule has 31 heavy (non-hydrogen) atoms. The number of nitrogens with zero attached hydrogens (tertiary/aromatic N) is 1. The summed E-state index contributed by atoms with van der Waals surface area (Å²) >= 11 is 0. The van der Waals surface area contributed by atoms with Crippen molar-refractivity contribution in [3.05, 3.63) is 0 Å². The molecule has 1 unspecified atom stereocenters. The molecule has 9 nitrogen and oxygen atoms in total. The molecule has 0 aliphatic heterocycles. The molecule has 10 heteroatoms. The van der Waals surface area contributed by atoms with Crippen LogP contribution in [0.25, 0.3) is 0 Å². The molecule has 0 heterocycles. The van der Waals surface area contributed by atoms with Gasteiger partial charge in [0.1, 0.15) is 13.1 Å². The summed E-state index contributed by atoms with van der Waals surface area (Å²) < 4.78 is 37.0. The zero-order valence-electron chi connectivity index (χ0n) is 20.1. The zero-order chi connectivity index (χ0) is 24.2. The van der Waals surface area contributed by atoms with Gasteiger partial charge in [0.2, 0.25) is 10.4 Å². The summed E-state index contributed by atoms with van der Waals surface area (Å²) in [5.74, 6) is -1.34. The van der Waals surface area contributed by atoms with Gasteiger partial charge in [-0.3, -0.25) is 8.67 Å². The molecule has 0 amide bonds. The van der Waals surface area contributed by atoms with Crippen molar-refractivity contribution in [3.63, 3.8) is 0 Å². The highest BCUT2D eigenvalue weighted by molar-refractivity contribution is 7.80. The van der Waals surface area contributed by atoms with E-state index in [2.05, 4.69) is 11.1 Å². The van der Waals surface area contributed by atoms with Crippen LogP contribution in [0, 0.1) is 0 Å². The fourth-order valence-electron chi connectivity index (χ4n) is 3.37. The summed E-state index contributed by atoms with van der Waals surface area (Å²) in [6.07, 6.45) is 13.1. The molecule has 0 fully saturated rings. The molecule has 0 saturated heterocycles. The van der Waals surface area contributed by atoms with Crippen LogP contribution in [0.15, 0.2) is 0 Å². The fraction of sp³-hybridized carbons (Fsp3) is 1.00. The van der Waals surface area contributed by atoms with Crippen molar-refractivity contribution in [2.45, 2.75) is 90.4 Å². The lowest BCUT2D eigenvalue weighted by Gasteiger charge is -2.45. The van der Waals surface area contributed by atoms with Crippen molar-refractivity contribution in [2.75, 3.05) is 47.1 Å². The van der Waals surface area contributed by atoms with Crippen LogP contribution in [-0.4, -0.2) is 85.8 Å². The Kier molecular flexibility index (Phi) is 20.3. The smallest absolute Gasteiger partial charge is 0.316 e. The molecule has 0 saturated carbocycles. The summed E-state index contributed by atoms with van der Waals surface area (Å²) in [6.45, 7) is 5.29.